The van der Waals surface area contributed by atoms with Crippen LogP contribution in [0.1, 0.15) is 31.7 Å². The predicted octanol–water partition coefficient (Wildman–Crippen LogP) is 3.62. The zero-order valence-corrected chi connectivity index (χ0v) is 8.86. The maximum Gasteiger partial charge on any atom is 0.136 e. The van der Waals surface area contributed by atoms with E-state index in [4.69, 9.17) is 5.21 Å². The van der Waals surface area contributed by atoms with Crippen molar-refractivity contribution in [3.8, 4) is 0 Å². The molecule has 0 aliphatic rings. The summed E-state index contributed by atoms with van der Waals surface area (Å²) in [6, 6.07) is 5.29. The number of nitroso groups, excluding NO2 is 1. The number of nitrogens with one attached hydrogen (secondary N) is 1. The minimum Gasteiger partial charge on any atom is -0.291 e. The van der Waals surface area contributed by atoms with E-state index in [1.807, 2.05) is 11.5 Å². The standard InChI is InChI=1S/C11H16N2O2/c1-2-3-4-6-9-7-5-8-10(12-14)11(9)13-15/h5,7-8,12,14H,2-4,6H2,1H3. The summed E-state index contributed by atoms with van der Waals surface area (Å²) in [6.45, 7) is 2.13. The third kappa shape index (κ3) is 3.02. The molecule has 0 fully saturated rings. The lowest BCUT2D eigenvalue weighted by molar-refractivity contribution is 0.389. The lowest BCUT2D eigenvalue weighted by atomic mass is 10.0. The highest BCUT2D eigenvalue weighted by Gasteiger charge is 2.07. The van der Waals surface area contributed by atoms with E-state index in [9.17, 15) is 4.91 Å². The van der Waals surface area contributed by atoms with Gasteiger partial charge < -0.3 is 0 Å². The lowest BCUT2D eigenvalue weighted by Crippen LogP contribution is -1.93. The van der Waals surface area contributed by atoms with E-state index in [-0.39, 0.29) is 0 Å². The second-order valence-corrected chi connectivity index (χ2v) is 3.47. The van der Waals surface area contributed by atoms with E-state index in [2.05, 4.69) is 12.1 Å². The Morgan fingerprint density at radius 2 is 2.20 bits per heavy atom. The largest absolute Gasteiger partial charge is 0.291 e. The monoisotopic (exact) mass is 208 g/mol. The van der Waals surface area contributed by atoms with E-state index in [0.29, 0.717) is 11.4 Å². The summed E-state index contributed by atoms with van der Waals surface area (Å²) in [6.07, 6.45) is 4.13. The summed E-state index contributed by atoms with van der Waals surface area (Å²) in [7, 11) is 0. The second kappa shape index (κ2) is 6.14. The van der Waals surface area contributed by atoms with E-state index >= 15 is 0 Å². The maximum atomic E-state index is 10.6. The molecule has 0 bridgehead atoms. The molecular weight excluding hydrogens is 192 g/mol. The second-order valence-electron chi connectivity index (χ2n) is 3.47. The number of hydrogen-bond acceptors (Lipinski definition) is 4. The maximum absolute atomic E-state index is 10.6. The van der Waals surface area contributed by atoms with Crippen LogP contribution in [0.25, 0.3) is 0 Å². The fourth-order valence-corrected chi connectivity index (χ4v) is 1.56. The Morgan fingerprint density at radius 3 is 2.80 bits per heavy atom. The van der Waals surface area contributed by atoms with Crippen molar-refractivity contribution in [2.24, 2.45) is 5.18 Å². The van der Waals surface area contributed by atoms with Crippen molar-refractivity contribution in [3.05, 3.63) is 28.7 Å². The van der Waals surface area contributed by atoms with Crippen molar-refractivity contribution >= 4 is 11.4 Å². The molecule has 4 nitrogen and oxygen atoms in total. The Morgan fingerprint density at radius 1 is 1.40 bits per heavy atom. The molecule has 0 unspecified atom stereocenters. The summed E-state index contributed by atoms with van der Waals surface area (Å²) in [5.74, 6) is 0. The molecule has 0 aliphatic carbocycles. The average molecular weight is 208 g/mol. The Bertz CT molecular complexity index is 326. The van der Waals surface area contributed by atoms with Crippen LogP contribution in [0.3, 0.4) is 0 Å². The fraction of sp³-hybridized carbons (Fsp3) is 0.455. The van der Waals surface area contributed by atoms with Gasteiger partial charge in [-0.25, -0.2) is 0 Å². The molecule has 1 aromatic rings. The molecule has 15 heavy (non-hydrogen) atoms. The predicted molar refractivity (Wildman–Crippen MR) is 60.5 cm³/mol. The van der Waals surface area contributed by atoms with Gasteiger partial charge in [-0.15, -0.1) is 4.91 Å². The molecule has 0 saturated carbocycles. The summed E-state index contributed by atoms with van der Waals surface area (Å²) in [4.78, 5) is 10.6. The molecule has 0 amide bonds. The van der Waals surface area contributed by atoms with Crippen LogP contribution in [0.4, 0.5) is 11.4 Å². The van der Waals surface area contributed by atoms with Crippen LogP contribution in [0, 0.1) is 4.91 Å². The van der Waals surface area contributed by atoms with Gasteiger partial charge in [0.05, 0.1) is 5.69 Å². The molecule has 4 heteroatoms. The number of nitrogens with zero attached hydrogens (tertiary/aromatic N) is 1. The smallest absolute Gasteiger partial charge is 0.136 e. The fourth-order valence-electron chi connectivity index (χ4n) is 1.56. The normalized spacial score (nSPS) is 10.0. The van der Waals surface area contributed by atoms with Gasteiger partial charge >= 0.3 is 0 Å². The zero-order valence-electron chi connectivity index (χ0n) is 8.86. The van der Waals surface area contributed by atoms with Crippen molar-refractivity contribution < 1.29 is 5.21 Å². The van der Waals surface area contributed by atoms with Crippen molar-refractivity contribution in [3.63, 3.8) is 0 Å². The van der Waals surface area contributed by atoms with E-state index in [0.717, 1.165) is 31.2 Å². The molecule has 0 aromatic heterocycles. The highest BCUT2D eigenvalue weighted by Crippen LogP contribution is 2.29. The molecule has 1 rings (SSSR count). The lowest BCUT2D eigenvalue weighted by Gasteiger charge is -2.07. The molecule has 0 atom stereocenters. The third-order valence-corrected chi connectivity index (χ3v) is 2.38. The zero-order chi connectivity index (χ0) is 11.1. The molecule has 1 aromatic carbocycles. The molecule has 0 saturated heterocycles. The van der Waals surface area contributed by atoms with Crippen LogP contribution in [-0.2, 0) is 6.42 Å². The quantitative estimate of drug-likeness (QED) is 0.426. The number of anilines is 1. The topological polar surface area (TPSA) is 61.7 Å². The molecule has 2 N–H and O–H groups in total. The molecule has 0 spiro atoms. The van der Waals surface area contributed by atoms with Gasteiger partial charge in [0.1, 0.15) is 5.69 Å². The molecular formula is C11H16N2O2. The van der Waals surface area contributed by atoms with Crippen LogP contribution >= 0.6 is 0 Å². The highest BCUT2D eigenvalue weighted by molar-refractivity contribution is 5.68. The number of rotatable bonds is 6. The summed E-state index contributed by atoms with van der Waals surface area (Å²) < 4.78 is 0. The number of aryl methyl sites for hydroxylation is 1. The first kappa shape index (κ1) is 11.7. The number of benzene rings is 1. The number of hydrogen-bond donors (Lipinski definition) is 2. The first-order chi connectivity index (χ1) is 7.33. The first-order valence-electron chi connectivity index (χ1n) is 5.18. The van der Waals surface area contributed by atoms with Gasteiger partial charge in [-0.05, 0) is 29.6 Å². The molecule has 0 radical (unpaired) electrons. The van der Waals surface area contributed by atoms with Crippen molar-refractivity contribution in [1.82, 2.24) is 0 Å². The highest BCUT2D eigenvalue weighted by atomic mass is 16.5. The van der Waals surface area contributed by atoms with Crippen LogP contribution in [0.15, 0.2) is 23.4 Å². The van der Waals surface area contributed by atoms with Gasteiger partial charge in [0.25, 0.3) is 0 Å². The SMILES string of the molecule is CCCCCc1cccc(NO)c1N=O. The number of unbranched alkanes of at least 4 members (excludes halogenated alkanes) is 2. The van der Waals surface area contributed by atoms with Crippen molar-refractivity contribution in [2.45, 2.75) is 32.6 Å². The first-order valence-corrected chi connectivity index (χ1v) is 5.18. The van der Waals surface area contributed by atoms with Gasteiger partial charge in [0.2, 0.25) is 0 Å². The summed E-state index contributed by atoms with van der Waals surface area (Å²) in [5.41, 5.74) is 3.56. The molecule has 82 valence electrons. The van der Waals surface area contributed by atoms with E-state index in [1.165, 1.54) is 0 Å². The molecule has 0 heterocycles. The van der Waals surface area contributed by atoms with Crippen molar-refractivity contribution in [1.29, 1.82) is 0 Å². The van der Waals surface area contributed by atoms with Crippen LogP contribution in [-0.4, -0.2) is 5.21 Å². The van der Waals surface area contributed by atoms with Crippen molar-refractivity contribution in [2.75, 3.05) is 5.48 Å². The Balaban J connectivity index is 2.81. The third-order valence-electron chi connectivity index (χ3n) is 2.38. The summed E-state index contributed by atoms with van der Waals surface area (Å²) >= 11 is 0. The van der Waals surface area contributed by atoms with Gasteiger partial charge in [-0.1, -0.05) is 31.9 Å². The average Bonchev–Trinajstić information content (AvgIpc) is 2.29. The van der Waals surface area contributed by atoms with Crippen LogP contribution < -0.4 is 5.48 Å². The summed E-state index contributed by atoms with van der Waals surface area (Å²) in [5, 5.41) is 11.7. The van der Waals surface area contributed by atoms with Gasteiger partial charge in [0, 0.05) is 0 Å². The minimum atomic E-state index is 0.316. The van der Waals surface area contributed by atoms with Gasteiger partial charge in [0.15, 0.2) is 0 Å². The van der Waals surface area contributed by atoms with E-state index < -0.39 is 0 Å². The molecule has 0 aliphatic heterocycles. The van der Waals surface area contributed by atoms with E-state index in [1.54, 1.807) is 12.1 Å². The Labute approximate surface area is 89.2 Å². The van der Waals surface area contributed by atoms with Gasteiger partial charge in [-0.3, -0.25) is 10.7 Å². The Hall–Kier alpha value is -1.42. The van der Waals surface area contributed by atoms with Crippen LogP contribution in [0.5, 0.6) is 0 Å². The van der Waals surface area contributed by atoms with Crippen LogP contribution in [0.2, 0.25) is 0 Å². The van der Waals surface area contributed by atoms with Gasteiger partial charge in [-0.2, -0.15) is 0 Å². The Kier molecular flexibility index (Phi) is 4.77. The minimum absolute atomic E-state index is 0.316.